The van der Waals surface area contributed by atoms with Crippen molar-refractivity contribution in [1.29, 1.82) is 0 Å². The quantitative estimate of drug-likeness (QED) is 0.402. The van der Waals surface area contributed by atoms with Crippen molar-refractivity contribution in [3.8, 4) is 0 Å². The van der Waals surface area contributed by atoms with Crippen LogP contribution in [-0.4, -0.2) is 37.3 Å². The molecule has 0 saturated heterocycles. The number of sulfonamides is 1. The Bertz CT molecular complexity index is 286. The highest BCUT2D eigenvalue weighted by Gasteiger charge is 2.13. The van der Waals surface area contributed by atoms with Crippen molar-refractivity contribution in [2.75, 3.05) is 19.2 Å². The van der Waals surface area contributed by atoms with Crippen molar-refractivity contribution in [2.24, 2.45) is 5.92 Å². The summed E-state index contributed by atoms with van der Waals surface area (Å²) in [6.07, 6.45) is 1.09. The molecule has 0 heterocycles. The second kappa shape index (κ2) is 5.57. The minimum Gasteiger partial charge on any atom is -0.453 e. The Kier molecular flexibility index (Phi) is 5.46. The van der Waals surface area contributed by atoms with Crippen molar-refractivity contribution >= 4 is 27.9 Å². The van der Waals surface area contributed by atoms with Crippen LogP contribution in [0.3, 0.4) is 0 Å². The molecular weight excluding hydrogens is 226 g/mol. The zero-order chi connectivity index (χ0) is 11.4. The minimum absolute atomic E-state index is 0.0145. The van der Waals surface area contributed by atoms with Gasteiger partial charge < -0.3 is 4.74 Å². The van der Waals surface area contributed by atoms with Crippen molar-refractivity contribution < 1.29 is 17.9 Å². The largest absolute Gasteiger partial charge is 0.453 e. The lowest BCUT2D eigenvalue weighted by Crippen LogP contribution is -2.20. The molecular formula is C7H15NO4S2. The van der Waals surface area contributed by atoms with Gasteiger partial charge in [0.15, 0.2) is 5.94 Å². The SMILES string of the molecule is CC(C)C(=O)OCSN(C)S(C)(=O)=O. The fraction of sp³-hybridized carbons (Fsp3) is 0.857. The smallest absolute Gasteiger partial charge is 0.309 e. The van der Waals surface area contributed by atoms with E-state index in [0.717, 1.165) is 21.9 Å². The first kappa shape index (κ1) is 13.7. The summed E-state index contributed by atoms with van der Waals surface area (Å²) < 4.78 is 27.7. The maximum atomic E-state index is 11.0. The van der Waals surface area contributed by atoms with Crippen LogP contribution in [0.25, 0.3) is 0 Å². The summed E-state index contributed by atoms with van der Waals surface area (Å²) in [6.45, 7) is 3.43. The third-order valence-corrected chi connectivity index (χ3v) is 4.02. The van der Waals surface area contributed by atoms with E-state index in [9.17, 15) is 13.2 Å². The van der Waals surface area contributed by atoms with Crippen LogP contribution in [0.15, 0.2) is 0 Å². The molecule has 0 bridgehead atoms. The van der Waals surface area contributed by atoms with E-state index in [0.29, 0.717) is 0 Å². The highest BCUT2D eigenvalue weighted by Crippen LogP contribution is 2.12. The molecule has 0 amide bonds. The Balaban J connectivity index is 3.82. The first-order valence-electron chi connectivity index (χ1n) is 3.98. The molecule has 0 aliphatic heterocycles. The maximum Gasteiger partial charge on any atom is 0.309 e. The highest BCUT2D eigenvalue weighted by molar-refractivity contribution is 8.08. The lowest BCUT2D eigenvalue weighted by atomic mass is 10.2. The molecule has 84 valence electrons. The van der Waals surface area contributed by atoms with Crippen LogP contribution in [0.4, 0.5) is 0 Å². The maximum absolute atomic E-state index is 11.0. The molecule has 0 N–H and O–H groups in total. The van der Waals surface area contributed by atoms with Crippen LogP contribution in [-0.2, 0) is 19.6 Å². The van der Waals surface area contributed by atoms with Crippen LogP contribution in [0.5, 0.6) is 0 Å². The lowest BCUT2D eigenvalue weighted by Gasteiger charge is -2.13. The molecule has 0 rings (SSSR count). The standard InChI is InChI=1S/C7H15NO4S2/c1-6(2)7(9)12-5-13-8(3)14(4,10)11/h6H,5H2,1-4H3. The Morgan fingerprint density at radius 3 is 2.36 bits per heavy atom. The lowest BCUT2D eigenvalue weighted by molar-refractivity contribution is -0.145. The van der Waals surface area contributed by atoms with Gasteiger partial charge in [-0.3, -0.25) is 4.79 Å². The molecule has 0 aromatic carbocycles. The predicted molar refractivity (Wildman–Crippen MR) is 56.0 cm³/mol. The van der Waals surface area contributed by atoms with Crippen molar-refractivity contribution in [1.82, 2.24) is 3.71 Å². The number of hydrogen-bond donors (Lipinski definition) is 0. The number of carbonyl (C=O) groups is 1. The third kappa shape index (κ3) is 5.46. The zero-order valence-electron chi connectivity index (χ0n) is 8.68. The van der Waals surface area contributed by atoms with E-state index < -0.39 is 10.0 Å². The van der Waals surface area contributed by atoms with Crippen LogP contribution < -0.4 is 0 Å². The average Bonchev–Trinajstić information content (AvgIpc) is 2.01. The normalized spacial score (nSPS) is 12.1. The van der Waals surface area contributed by atoms with E-state index in [1.807, 2.05) is 0 Å². The van der Waals surface area contributed by atoms with Gasteiger partial charge in [0.2, 0.25) is 10.0 Å². The average molecular weight is 241 g/mol. The Labute approximate surface area is 89.0 Å². The Morgan fingerprint density at radius 2 is 2.00 bits per heavy atom. The van der Waals surface area contributed by atoms with Gasteiger partial charge in [-0.15, -0.1) is 3.71 Å². The number of ether oxygens (including phenoxy) is 1. The van der Waals surface area contributed by atoms with E-state index >= 15 is 0 Å². The van der Waals surface area contributed by atoms with E-state index in [1.54, 1.807) is 13.8 Å². The van der Waals surface area contributed by atoms with Gasteiger partial charge in [0.05, 0.1) is 12.2 Å². The molecule has 0 unspecified atom stereocenters. The Hall–Kier alpha value is -0.270. The zero-order valence-corrected chi connectivity index (χ0v) is 10.3. The van der Waals surface area contributed by atoms with Gasteiger partial charge in [-0.2, -0.15) is 0 Å². The molecule has 0 aliphatic carbocycles. The number of esters is 1. The van der Waals surface area contributed by atoms with Gasteiger partial charge in [0.25, 0.3) is 0 Å². The second-order valence-corrected chi connectivity index (χ2v) is 6.32. The predicted octanol–water partition coefficient (Wildman–Crippen LogP) is 0.683. The fourth-order valence-electron chi connectivity index (χ4n) is 0.421. The second-order valence-electron chi connectivity index (χ2n) is 3.04. The van der Waals surface area contributed by atoms with Crippen molar-refractivity contribution in [2.45, 2.75) is 13.8 Å². The topological polar surface area (TPSA) is 63.7 Å². The number of nitrogens with zero attached hydrogens (tertiary/aromatic N) is 1. The molecule has 0 fully saturated rings. The van der Waals surface area contributed by atoms with E-state index in [1.165, 1.54) is 7.05 Å². The summed E-state index contributed by atoms with van der Waals surface area (Å²) in [5.41, 5.74) is 0. The van der Waals surface area contributed by atoms with Gasteiger partial charge in [0.1, 0.15) is 0 Å². The molecule has 7 heteroatoms. The van der Waals surface area contributed by atoms with Crippen molar-refractivity contribution in [3.05, 3.63) is 0 Å². The Morgan fingerprint density at radius 1 is 1.50 bits per heavy atom. The molecule has 0 radical (unpaired) electrons. The van der Waals surface area contributed by atoms with Crippen molar-refractivity contribution in [3.63, 3.8) is 0 Å². The van der Waals surface area contributed by atoms with Crippen LogP contribution in [0, 0.1) is 5.92 Å². The summed E-state index contributed by atoms with van der Waals surface area (Å²) in [6, 6.07) is 0. The molecule has 0 saturated carbocycles. The summed E-state index contributed by atoms with van der Waals surface area (Å²) in [5, 5.41) is 0. The monoisotopic (exact) mass is 241 g/mol. The number of carbonyl (C=O) groups excluding carboxylic acids is 1. The van der Waals surface area contributed by atoms with Gasteiger partial charge in [-0.05, 0) is 11.9 Å². The molecule has 0 aromatic rings. The summed E-state index contributed by atoms with van der Waals surface area (Å²) in [5.74, 6) is -0.515. The number of rotatable bonds is 5. The minimum atomic E-state index is -3.22. The summed E-state index contributed by atoms with van der Waals surface area (Å²) in [4.78, 5) is 11.0. The molecule has 0 spiro atoms. The molecule has 0 atom stereocenters. The molecule has 5 nitrogen and oxygen atoms in total. The first-order chi connectivity index (χ1) is 6.25. The van der Waals surface area contributed by atoms with E-state index in [4.69, 9.17) is 4.74 Å². The van der Waals surface area contributed by atoms with Gasteiger partial charge in [0, 0.05) is 7.05 Å². The highest BCUT2D eigenvalue weighted by atomic mass is 32.3. The van der Waals surface area contributed by atoms with Gasteiger partial charge >= 0.3 is 5.97 Å². The summed E-state index contributed by atoms with van der Waals surface area (Å²) >= 11 is 0.931. The third-order valence-electron chi connectivity index (χ3n) is 1.37. The molecule has 0 aliphatic rings. The summed E-state index contributed by atoms with van der Waals surface area (Å²) in [7, 11) is -1.81. The van der Waals surface area contributed by atoms with Crippen LogP contribution in [0.2, 0.25) is 0 Å². The molecule has 0 aromatic heterocycles. The fourth-order valence-corrected chi connectivity index (χ4v) is 1.63. The molecule has 14 heavy (non-hydrogen) atoms. The van der Waals surface area contributed by atoms with Gasteiger partial charge in [-0.25, -0.2) is 8.42 Å². The van der Waals surface area contributed by atoms with E-state index in [2.05, 4.69) is 0 Å². The first-order valence-corrected chi connectivity index (χ1v) is 6.77. The van der Waals surface area contributed by atoms with Crippen LogP contribution in [0.1, 0.15) is 13.8 Å². The van der Waals surface area contributed by atoms with E-state index in [-0.39, 0.29) is 17.8 Å². The van der Waals surface area contributed by atoms with Gasteiger partial charge in [-0.1, -0.05) is 13.8 Å². The number of hydrogen-bond acceptors (Lipinski definition) is 5. The van der Waals surface area contributed by atoms with Crippen LogP contribution >= 0.6 is 11.9 Å².